The Kier molecular flexibility index (Phi) is 6.08. The smallest absolute Gasteiger partial charge is 0.277 e. The number of hydrogen-bond acceptors (Lipinski definition) is 5. The number of rotatable bonds is 6. The van der Waals surface area contributed by atoms with E-state index in [0.717, 1.165) is 17.7 Å². The first-order valence-electron chi connectivity index (χ1n) is 10.1. The fourth-order valence-corrected chi connectivity index (χ4v) is 3.88. The topological polar surface area (TPSA) is 59.1 Å². The maximum absolute atomic E-state index is 13.2. The molecule has 1 saturated heterocycles. The van der Waals surface area contributed by atoms with Crippen molar-refractivity contribution in [1.82, 2.24) is 9.80 Å². The Morgan fingerprint density at radius 1 is 1.07 bits per heavy atom. The molecule has 2 unspecified atom stereocenters. The molecule has 1 fully saturated rings. The van der Waals surface area contributed by atoms with Gasteiger partial charge in [0.2, 0.25) is 0 Å². The van der Waals surface area contributed by atoms with Crippen LogP contribution < -0.4 is 4.74 Å². The van der Waals surface area contributed by atoms with Crippen molar-refractivity contribution in [2.75, 3.05) is 19.6 Å². The highest BCUT2D eigenvalue weighted by Gasteiger charge is 2.42. The molecule has 1 aromatic rings. The molecule has 28 heavy (non-hydrogen) atoms. The van der Waals surface area contributed by atoms with Gasteiger partial charge in [-0.25, -0.2) is 0 Å². The molecule has 1 aromatic carbocycles. The van der Waals surface area contributed by atoms with Crippen molar-refractivity contribution in [3.63, 3.8) is 0 Å². The SMILES string of the molecule is CCCN1C(=O)C(c2ccc(OC(C)C)cc2)=C(N2CC(C)OC(C)C2)C1=O. The molecule has 2 heterocycles. The van der Waals surface area contributed by atoms with Gasteiger partial charge in [-0.15, -0.1) is 0 Å². The second-order valence-electron chi connectivity index (χ2n) is 7.84. The minimum absolute atomic E-state index is 0.00226. The largest absolute Gasteiger partial charge is 0.491 e. The summed E-state index contributed by atoms with van der Waals surface area (Å²) in [4.78, 5) is 29.7. The molecule has 0 saturated carbocycles. The van der Waals surface area contributed by atoms with Crippen LogP contribution in [0.15, 0.2) is 30.0 Å². The Labute approximate surface area is 167 Å². The number of hydrogen-bond donors (Lipinski definition) is 0. The van der Waals surface area contributed by atoms with E-state index in [1.165, 1.54) is 4.90 Å². The monoisotopic (exact) mass is 386 g/mol. The highest BCUT2D eigenvalue weighted by Crippen LogP contribution is 2.34. The van der Waals surface area contributed by atoms with E-state index in [-0.39, 0.29) is 30.1 Å². The van der Waals surface area contributed by atoms with E-state index in [4.69, 9.17) is 9.47 Å². The van der Waals surface area contributed by atoms with E-state index in [1.54, 1.807) is 0 Å². The number of carbonyl (C=O) groups is 2. The van der Waals surface area contributed by atoms with Crippen LogP contribution in [0.25, 0.3) is 5.57 Å². The summed E-state index contributed by atoms with van der Waals surface area (Å²) in [6.45, 7) is 11.5. The predicted molar refractivity (Wildman–Crippen MR) is 108 cm³/mol. The van der Waals surface area contributed by atoms with Gasteiger partial charge in [0.1, 0.15) is 11.4 Å². The number of benzene rings is 1. The molecular weight excluding hydrogens is 356 g/mol. The molecule has 0 aliphatic carbocycles. The Balaban J connectivity index is 2.01. The van der Waals surface area contributed by atoms with E-state index < -0.39 is 0 Å². The number of morpholine rings is 1. The van der Waals surface area contributed by atoms with Gasteiger partial charge < -0.3 is 14.4 Å². The quantitative estimate of drug-likeness (QED) is 0.703. The van der Waals surface area contributed by atoms with Crippen LogP contribution in [0.2, 0.25) is 0 Å². The van der Waals surface area contributed by atoms with Crippen molar-refractivity contribution in [3.05, 3.63) is 35.5 Å². The first-order valence-corrected chi connectivity index (χ1v) is 10.1. The lowest BCUT2D eigenvalue weighted by Gasteiger charge is -2.37. The van der Waals surface area contributed by atoms with Crippen molar-refractivity contribution in [2.24, 2.45) is 0 Å². The van der Waals surface area contributed by atoms with Crippen molar-refractivity contribution in [2.45, 2.75) is 59.4 Å². The maximum atomic E-state index is 13.2. The minimum Gasteiger partial charge on any atom is -0.491 e. The molecule has 2 amide bonds. The standard InChI is InChI=1S/C22H30N2O4/c1-6-11-24-21(25)19(17-7-9-18(10-8-17)27-14(2)3)20(22(24)26)23-12-15(4)28-16(5)13-23/h7-10,14-16H,6,11-13H2,1-5H3. The first kappa shape index (κ1) is 20.4. The van der Waals surface area contributed by atoms with Crippen molar-refractivity contribution < 1.29 is 19.1 Å². The van der Waals surface area contributed by atoms with Crippen molar-refractivity contribution in [1.29, 1.82) is 0 Å². The van der Waals surface area contributed by atoms with Gasteiger partial charge in [0, 0.05) is 19.6 Å². The average molecular weight is 386 g/mol. The van der Waals surface area contributed by atoms with Crippen molar-refractivity contribution in [3.8, 4) is 5.75 Å². The summed E-state index contributed by atoms with van der Waals surface area (Å²) in [5, 5.41) is 0. The first-order chi connectivity index (χ1) is 13.3. The molecule has 0 spiro atoms. The van der Waals surface area contributed by atoms with Gasteiger partial charge in [-0.05, 0) is 51.8 Å². The van der Waals surface area contributed by atoms with Crippen LogP contribution in [0.4, 0.5) is 0 Å². The van der Waals surface area contributed by atoms with Gasteiger partial charge >= 0.3 is 0 Å². The molecule has 6 nitrogen and oxygen atoms in total. The van der Waals surface area contributed by atoms with E-state index in [0.29, 0.717) is 30.9 Å². The third kappa shape index (κ3) is 4.07. The van der Waals surface area contributed by atoms with E-state index in [9.17, 15) is 9.59 Å². The van der Waals surface area contributed by atoms with Gasteiger partial charge in [0.15, 0.2) is 0 Å². The lowest BCUT2D eigenvalue weighted by Crippen LogP contribution is -2.47. The number of imide groups is 1. The average Bonchev–Trinajstić information content (AvgIpc) is 2.86. The Morgan fingerprint density at radius 2 is 1.68 bits per heavy atom. The Morgan fingerprint density at radius 3 is 2.21 bits per heavy atom. The molecule has 3 rings (SSSR count). The molecule has 6 heteroatoms. The molecule has 2 aliphatic heterocycles. The number of carbonyl (C=O) groups excluding carboxylic acids is 2. The van der Waals surface area contributed by atoms with Gasteiger partial charge in [-0.3, -0.25) is 14.5 Å². The molecular formula is C22H30N2O4. The van der Waals surface area contributed by atoms with Gasteiger partial charge in [0.25, 0.3) is 11.8 Å². The Bertz CT molecular complexity index is 759. The van der Waals surface area contributed by atoms with Crippen LogP contribution in [0.5, 0.6) is 5.75 Å². The second kappa shape index (κ2) is 8.35. The fraction of sp³-hybridized carbons (Fsp3) is 0.545. The summed E-state index contributed by atoms with van der Waals surface area (Å²) in [6.07, 6.45) is 0.811. The maximum Gasteiger partial charge on any atom is 0.277 e. The highest BCUT2D eigenvalue weighted by atomic mass is 16.5. The lowest BCUT2D eigenvalue weighted by atomic mass is 10.0. The molecule has 0 bridgehead atoms. The van der Waals surface area contributed by atoms with Gasteiger partial charge in [-0.1, -0.05) is 19.1 Å². The van der Waals surface area contributed by atoms with Crippen LogP contribution in [0.3, 0.4) is 0 Å². The molecule has 0 N–H and O–H groups in total. The number of nitrogens with zero attached hydrogens (tertiary/aromatic N) is 2. The summed E-state index contributed by atoms with van der Waals surface area (Å²) in [5.41, 5.74) is 1.73. The van der Waals surface area contributed by atoms with Crippen LogP contribution in [-0.2, 0) is 14.3 Å². The predicted octanol–water partition coefficient (Wildman–Crippen LogP) is 3.07. The van der Waals surface area contributed by atoms with Crippen LogP contribution in [0.1, 0.15) is 46.6 Å². The van der Waals surface area contributed by atoms with Crippen molar-refractivity contribution >= 4 is 17.4 Å². The fourth-order valence-electron chi connectivity index (χ4n) is 3.88. The van der Waals surface area contributed by atoms with Gasteiger partial charge in [0.05, 0.1) is 23.9 Å². The Hall–Kier alpha value is -2.34. The molecule has 0 aromatic heterocycles. The summed E-state index contributed by atoms with van der Waals surface area (Å²) < 4.78 is 11.5. The third-order valence-corrected chi connectivity index (χ3v) is 4.84. The number of ether oxygens (including phenoxy) is 2. The molecule has 152 valence electrons. The summed E-state index contributed by atoms with van der Waals surface area (Å²) in [5.74, 6) is 0.327. The zero-order valence-electron chi connectivity index (χ0n) is 17.4. The van der Waals surface area contributed by atoms with Gasteiger partial charge in [-0.2, -0.15) is 0 Å². The summed E-state index contributed by atoms with van der Waals surface area (Å²) in [7, 11) is 0. The van der Waals surface area contributed by atoms with Crippen LogP contribution in [-0.4, -0.2) is 59.6 Å². The second-order valence-corrected chi connectivity index (χ2v) is 7.84. The number of amides is 2. The lowest BCUT2D eigenvalue weighted by molar-refractivity contribution is -0.138. The minimum atomic E-state index is -0.217. The molecule has 2 aliphatic rings. The normalized spacial score (nSPS) is 23.2. The zero-order valence-corrected chi connectivity index (χ0v) is 17.4. The van der Waals surface area contributed by atoms with E-state index >= 15 is 0 Å². The van der Waals surface area contributed by atoms with E-state index in [2.05, 4.69) is 0 Å². The summed E-state index contributed by atoms with van der Waals surface area (Å²) in [6, 6.07) is 7.43. The third-order valence-electron chi connectivity index (χ3n) is 4.84. The van der Waals surface area contributed by atoms with Crippen LogP contribution >= 0.6 is 0 Å². The molecule has 0 radical (unpaired) electrons. The zero-order chi connectivity index (χ0) is 20.4. The molecule has 2 atom stereocenters. The summed E-state index contributed by atoms with van der Waals surface area (Å²) >= 11 is 0. The van der Waals surface area contributed by atoms with E-state index in [1.807, 2.05) is 63.8 Å². The van der Waals surface area contributed by atoms with Crippen LogP contribution in [0, 0.1) is 0 Å². The highest BCUT2D eigenvalue weighted by molar-refractivity contribution is 6.35.